The van der Waals surface area contributed by atoms with E-state index in [4.69, 9.17) is 5.73 Å². The molecule has 5 heteroatoms. The Morgan fingerprint density at radius 3 is 2.22 bits per heavy atom. The molecular formula is C18H22ClFN2O. The first-order valence-corrected chi connectivity index (χ1v) is 7.40. The number of halogens is 2. The molecule has 2 aromatic rings. The number of nitrogen functional groups attached to an aromatic ring is 1. The van der Waals surface area contributed by atoms with Crippen molar-refractivity contribution in [2.75, 3.05) is 12.3 Å². The number of likely N-dealkylation sites (N-methyl/N-ethyl adjacent to an activating group) is 1. The highest BCUT2D eigenvalue weighted by atomic mass is 35.5. The van der Waals surface area contributed by atoms with E-state index in [0.29, 0.717) is 18.7 Å². The zero-order valence-electron chi connectivity index (χ0n) is 13.3. The highest BCUT2D eigenvalue weighted by Crippen LogP contribution is 2.21. The molecule has 1 unspecified atom stereocenters. The van der Waals surface area contributed by atoms with Crippen molar-refractivity contribution >= 4 is 24.0 Å². The van der Waals surface area contributed by atoms with E-state index in [1.165, 1.54) is 12.1 Å². The number of hydrogen-bond donors (Lipinski definition) is 1. The number of nitrogens with two attached hydrogens (primary N) is 1. The van der Waals surface area contributed by atoms with Crippen LogP contribution in [0.1, 0.15) is 31.0 Å². The Hall–Kier alpha value is -2.07. The van der Waals surface area contributed by atoms with Crippen molar-refractivity contribution in [3.8, 4) is 0 Å². The van der Waals surface area contributed by atoms with E-state index in [1.807, 2.05) is 26.0 Å². The highest BCUT2D eigenvalue weighted by molar-refractivity contribution is 5.85. The summed E-state index contributed by atoms with van der Waals surface area (Å²) in [6.07, 6.45) is 0.333. The number of carbonyl (C=O) groups excluding carboxylic acids is 1. The summed E-state index contributed by atoms with van der Waals surface area (Å²) in [5.41, 5.74) is 8.20. The van der Waals surface area contributed by atoms with E-state index in [-0.39, 0.29) is 30.2 Å². The molecule has 0 aliphatic rings. The molecule has 0 saturated carbocycles. The van der Waals surface area contributed by atoms with E-state index in [0.717, 1.165) is 11.1 Å². The average Bonchev–Trinajstić information content (AvgIpc) is 2.51. The monoisotopic (exact) mass is 336 g/mol. The molecular weight excluding hydrogens is 315 g/mol. The number of carbonyl (C=O) groups is 1. The number of benzene rings is 2. The topological polar surface area (TPSA) is 46.3 Å². The van der Waals surface area contributed by atoms with Gasteiger partial charge in [-0.15, -0.1) is 12.4 Å². The first-order chi connectivity index (χ1) is 10.5. The standard InChI is InChI=1S/C18H21FN2O.ClH/c1-3-21(13(2)15-6-8-16(19)9-7-15)18(22)12-14-4-10-17(20)11-5-14;/h4-11,13H,3,12,20H2,1-2H3;1H. The summed E-state index contributed by atoms with van der Waals surface area (Å²) in [4.78, 5) is 14.3. The van der Waals surface area contributed by atoms with Crippen LogP contribution in [-0.4, -0.2) is 17.4 Å². The fraction of sp³-hybridized carbons (Fsp3) is 0.278. The summed E-state index contributed by atoms with van der Waals surface area (Å²) in [5, 5.41) is 0. The quantitative estimate of drug-likeness (QED) is 0.839. The van der Waals surface area contributed by atoms with Crippen LogP contribution in [0.4, 0.5) is 10.1 Å². The number of anilines is 1. The minimum absolute atomic E-state index is 0. The third-order valence-electron chi connectivity index (χ3n) is 3.82. The highest BCUT2D eigenvalue weighted by Gasteiger charge is 2.20. The molecule has 3 nitrogen and oxygen atoms in total. The van der Waals surface area contributed by atoms with Gasteiger partial charge in [-0.25, -0.2) is 4.39 Å². The normalized spacial score (nSPS) is 11.4. The van der Waals surface area contributed by atoms with Gasteiger partial charge in [0.1, 0.15) is 5.82 Å². The van der Waals surface area contributed by atoms with Crippen molar-refractivity contribution in [3.63, 3.8) is 0 Å². The van der Waals surface area contributed by atoms with E-state index in [2.05, 4.69) is 0 Å². The van der Waals surface area contributed by atoms with E-state index in [1.54, 1.807) is 29.2 Å². The van der Waals surface area contributed by atoms with Crippen molar-refractivity contribution in [1.29, 1.82) is 0 Å². The molecule has 124 valence electrons. The third kappa shape index (κ3) is 4.96. The minimum atomic E-state index is -0.271. The van der Waals surface area contributed by atoms with Crippen LogP contribution in [-0.2, 0) is 11.2 Å². The Labute approximate surface area is 142 Å². The van der Waals surface area contributed by atoms with Crippen LogP contribution in [0.5, 0.6) is 0 Å². The number of rotatable bonds is 5. The molecule has 0 fully saturated rings. The fourth-order valence-corrected chi connectivity index (χ4v) is 2.50. The van der Waals surface area contributed by atoms with Crippen molar-refractivity contribution in [2.24, 2.45) is 0 Å². The van der Waals surface area contributed by atoms with Crippen LogP contribution in [0.25, 0.3) is 0 Å². The number of nitrogens with zero attached hydrogens (tertiary/aromatic N) is 1. The molecule has 23 heavy (non-hydrogen) atoms. The van der Waals surface area contributed by atoms with Crippen molar-refractivity contribution < 1.29 is 9.18 Å². The third-order valence-corrected chi connectivity index (χ3v) is 3.82. The van der Waals surface area contributed by atoms with Crippen molar-refractivity contribution in [2.45, 2.75) is 26.3 Å². The molecule has 0 bridgehead atoms. The molecule has 1 amide bonds. The summed E-state index contributed by atoms with van der Waals surface area (Å²) >= 11 is 0. The van der Waals surface area contributed by atoms with Gasteiger partial charge >= 0.3 is 0 Å². The summed E-state index contributed by atoms with van der Waals surface area (Å²) in [6.45, 7) is 4.50. The maximum Gasteiger partial charge on any atom is 0.227 e. The van der Waals surface area contributed by atoms with Gasteiger partial charge in [-0.2, -0.15) is 0 Å². The molecule has 0 aliphatic carbocycles. The Bertz CT molecular complexity index is 628. The van der Waals surface area contributed by atoms with Crippen molar-refractivity contribution in [3.05, 3.63) is 65.5 Å². The molecule has 1 atom stereocenters. The van der Waals surface area contributed by atoms with Crippen LogP contribution in [0, 0.1) is 5.82 Å². The first-order valence-electron chi connectivity index (χ1n) is 7.40. The van der Waals surface area contributed by atoms with Crippen LogP contribution in [0.15, 0.2) is 48.5 Å². The summed E-state index contributed by atoms with van der Waals surface area (Å²) in [7, 11) is 0. The van der Waals surface area contributed by atoms with Crippen LogP contribution in [0.2, 0.25) is 0 Å². The Balaban J connectivity index is 0.00000264. The average molecular weight is 337 g/mol. The Morgan fingerprint density at radius 1 is 1.13 bits per heavy atom. The van der Waals surface area contributed by atoms with Gasteiger partial charge in [0.05, 0.1) is 12.5 Å². The molecule has 0 aromatic heterocycles. The lowest BCUT2D eigenvalue weighted by Crippen LogP contribution is -2.34. The molecule has 2 N–H and O–H groups in total. The van der Waals surface area contributed by atoms with Gasteiger partial charge in [0.15, 0.2) is 0 Å². The summed E-state index contributed by atoms with van der Waals surface area (Å²) < 4.78 is 13.0. The van der Waals surface area contributed by atoms with Gasteiger partial charge in [-0.3, -0.25) is 4.79 Å². The molecule has 0 radical (unpaired) electrons. The predicted molar refractivity (Wildman–Crippen MR) is 94.0 cm³/mol. The van der Waals surface area contributed by atoms with E-state index < -0.39 is 0 Å². The zero-order valence-corrected chi connectivity index (χ0v) is 14.1. The smallest absolute Gasteiger partial charge is 0.227 e. The van der Waals surface area contributed by atoms with Crippen LogP contribution < -0.4 is 5.73 Å². The van der Waals surface area contributed by atoms with Gasteiger partial charge < -0.3 is 10.6 Å². The first kappa shape index (κ1) is 19.0. The number of hydrogen-bond acceptors (Lipinski definition) is 2. The van der Waals surface area contributed by atoms with Gasteiger partial charge in [-0.1, -0.05) is 24.3 Å². The Kier molecular flexibility index (Phi) is 7.04. The molecule has 2 aromatic carbocycles. The van der Waals surface area contributed by atoms with Crippen LogP contribution >= 0.6 is 12.4 Å². The molecule has 2 rings (SSSR count). The predicted octanol–water partition coefficient (Wildman–Crippen LogP) is 3.98. The summed E-state index contributed by atoms with van der Waals surface area (Å²) in [5.74, 6) is -0.226. The Morgan fingerprint density at radius 2 is 1.70 bits per heavy atom. The van der Waals surface area contributed by atoms with E-state index in [9.17, 15) is 9.18 Å². The van der Waals surface area contributed by atoms with Gasteiger partial charge in [0.2, 0.25) is 5.91 Å². The van der Waals surface area contributed by atoms with Gasteiger partial charge in [0.25, 0.3) is 0 Å². The molecule has 0 aliphatic heterocycles. The molecule has 0 spiro atoms. The second-order valence-corrected chi connectivity index (χ2v) is 5.33. The lowest BCUT2D eigenvalue weighted by molar-refractivity contribution is -0.132. The zero-order chi connectivity index (χ0) is 16.1. The minimum Gasteiger partial charge on any atom is -0.399 e. The van der Waals surface area contributed by atoms with E-state index >= 15 is 0 Å². The number of amides is 1. The maximum atomic E-state index is 13.0. The van der Waals surface area contributed by atoms with Crippen LogP contribution in [0.3, 0.4) is 0 Å². The second kappa shape index (κ2) is 8.53. The molecule has 0 saturated heterocycles. The lowest BCUT2D eigenvalue weighted by Gasteiger charge is -2.28. The SMILES string of the molecule is CCN(C(=O)Cc1ccc(N)cc1)C(C)c1ccc(F)cc1.Cl. The molecule has 0 heterocycles. The summed E-state index contributed by atoms with van der Waals surface area (Å²) in [6, 6.07) is 13.5. The van der Waals surface area contributed by atoms with Crippen molar-refractivity contribution in [1.82, 2.24) is 4.90 Å². The lowest BCUT2D eigenvalue weighted by atomic mass is 10.1. The maximum absolute atomic E-state index is 13.0. The fourth-order valence-electron chi connectivity index (χ4n) is 2.50. The second-order valence-electron chi connectivity index (χ2n) is 5.33. The van der Waals surface area contributed by atoms with Gasteiger partial charge in [-0.05, 0) is 49.2 Å². The largest absolute Gasteiger partial charge is 0.399 e. The van der Waals surface area contributed by atoms with Gasteiger partial charge in [0, 0.05) is 12.2 Å².